The second-order valence-electron chi connectivity index (χ2n) is 3.42. The van der Waals surface area contributed by atoms with Crippen molar-refractivity contribution >= 4 is 27.7 Å². The Morgan fingerprint density at radius 1 is 1.53 bits per heavy atom. The Kier molecular flexibility index (Phi) is 6.32. The van der Waals surface area contributed by atoms with Gasteiger partial charge in [-0.05, 0) is 24.6 Å². The van der Waals surface area contributed by atoms with Crippen LogP contribution in [0.4, 0.5) is 0 Å². The van der Waals surface area contributed by atoms with Crippen LogP contribution in [-0.2, 0) is 0 Å². The van der Waals surface area contributed by atoms with E-state index in [2.05, 4.69) is 46.5 Å². The van der Waals surface area contributed by atoms with Gasteiger partial charge in [-0.25, -0.2) is 0 Å². The fraction of sp³-hybridized carbons (Fsp3) is 0.455. The van der Waals surface area contributed by atoms with Crippen LogP contribution in [-0.4, -0.2) is 11.8 Å². The lowest BCUT2D eigenvalue weighted by Crippen LogP contribution is -2.36. The van der Waals surface area contributed by atoms with Crippen LogP contribution < -0.4 is 11.3 Å². The van der Waals surface area contributed by atoms with Crippen molar-refractivity contribution in [2.24, 2.45) is 5.84 Å². The van der Waals surface area contributed by atoms with Gasteiger partial charge in [0.1, 0.15) is 0 Å². The van der Waals surface area contributed by atoms with Crippen molar-refractivity contribution in [1.29, 1.82) is 0 Å². The van der Waals surface area contributed by atoms with Crippen LogP contribution in [0.25, 0.3) is 0 Å². The van der Waals surface area contributed by atoms with Crippen molar-refractivity contribution in [1.82, 2.24) is 5.43 Å². The molecule has 0 radical (unpaired) electrons. The van der Waals surface area contributed by atoms with E-state index >= 15 is 0 Å². The Morgan fingerprint density at radius 2 is 2.33 bits per heavy atom. The third-order valence-electron chi connectivity index (χ3n) is 2.12. The minimum atomic E-state index is 0.402. The molecule has 0 bridgehead atoms. The van der Waals surface area contributed by atoms with Crippen molar-refractivity contribution in [3.05, 3.63) is 28.7 Å². The maximum absolute atomic E-state index is 5.48. The topological polar surface area (TPSA) is 38.0 Å². The second-order valence-corrected chi connectivity index (χ2v) is 5.43. The number of halogens is 1. The molecule has 1 aromatic carbocycles. The highest BCUT2D eigenvalue weighted by Crippen LogP contribution is 2.23. The standard InChI is InChI=1S/C11H17BrN2S/c1-2-4-10(14-13)8-15-11-6-3-5-9(12)7-11/h3,5-7,10,14H,2,4,8,13H2,1H3. The predicted octanol–water partition coefficient (Wildman–Crippen LogP) is 3.17. The van der Waals surface area contributed by atoms with Crippen LogP contribution in [0.3, 0.4) is 0 Å². The first-order valence-electron chi connectivity index (χ1n) is 5.10. The molecule has 1 rings (SSSR count). The molecule has 2 nitrogen and oxygen atoms in total. The van der Waals surface area contributed by atoms with Crippen LogP contribution in [0.15, 0.2) is 33.6 Å². The second kappa shape index (κ2) is 7.28. The number of thioether (sulfide) groups is 1. The summed E-state index contributed by atoms with van der Waals surface area (Å²) < 4.78 is 1.13. The molecular formula is C11H17BrN2S. The Morgan fingerprint density at radius 3 is 2.93 bits per heavy atom. The van der Waals surface area contributed by atoms with Crippen LogP contribution in [0, 0.1) is 0 Å². The molecule has 1 atom stereocenters. The average molecular weight is 289 g/mol. The van der Waals surface area contributed by atoms with Crippen molar-refractivity contribution < 1.29 is 0 Å². The van der Waals surface area contributed by atoms with Crippen LogP contribution in [0.2, 0.25) is 0 Å². The summed E-state index contributed by atoms with van der Waals surface area (Å²) in [5.41, 5.74) is 2.86. The van der Waals surface area contributed by atoms with Crippen molar-refractivity contribution in [2.45, 2.75) is 30.7 Å². The predicted molar refractivity (Wildman–Crippen MR) is 70.9 cm³/mol. The molecule has 0 aliphatic rings. The lowest BCUT2D eigenvalue weighted by Gasteiger charge is -2.14. The average Bonchev–Trinajstić information content (AvgIpc) is 2.24. The summed E-state index contributed by atoms with van der Waals surface area (Å²) in [5, 5.41) is 0. The maximum atomic E-state index is 5.48. The Balaban J connectivity index is 2.41. The van der Waals surface area contributed by atoms with Gasteiger partial charge in [-0.3, -0.25) is 11.3 Å². The highest BCUT2D eigenvalue weighted by Gasteiger charge is 2.05. The number of rotatable bonds is 6. The minimum Gasteiger partial charge on any atom is -0.271 e. The Hall–Kier alpha value is -0.0300. The van der Waals surface area contributed by atoms with E-state index in [0.29, 0.717) is 6.04 Å². The molecule has 0 amide bonds. The molecule has 0 spiro atoms. The molecule has 0 aliphatic carbocycles. The largest absolute Gasteiger partial charge is 0.271 e. The van der Waals surface area contributed by atoms with E-state index in [9.17, 15) is 0 Å². The number of hydrogen-bond acceptors (Lipinski definition) is 3. The van der Waals surface area contributed by atoms with Crippen LogP contribution >= 0.6 is 27.7 Å². The molecular weight excluding hydrogens is 272 g/mol. The van der Waals surface area contributed by atoms with Crippen LogP contribution in [0.1, 0.15) is 19.8 Å². The third-order valence-corrected chi connectivity index (χ3v) is 3.77. The fourth-order valence-electron chi connectivity index (χ4n) is 1.32. The molecule has 0 aliphatic heterocycles. The summed E-state index contributed by atoms with van der Waals surface area (Å²) in [4.78, 5) is 1.28. The highest BCUT2D eigenvalue weighted by molar-refractivity contribution is 9.10. The van der Waals surface area contributed by atoms with Gasteiger partial charge in [-0.15, -0.1) is 11.8 Å². The van der Waals surface area contributed by atoms with Crippen molar-refractivity contribution in [3.63, 3.8) is 0 Å². The lowest BCUT2D eigenvalue weighted by atomic mass is 10.2. The Bertz CT molecular complexity index is 294. The molecule has 0 saturated heterocycles. The molecule has 3 N–H and O–H groups in total. The number of hydrazine groups is 1. The molecule has 4 heteroatoms. The van der Waals surface area contributed by atoms with Gasteiger partial charge in [-0.2, -0.15) is 0 Å². The van der Waals surface area contributed by atoms with E-state index in [0.717, 1.165) is 23.1 Å². The molecule has 0 saturated carbocycles. The quantitative estimate of drug-likeness (QED) is 0.480. The molecule has 1 unspecified atom stereocenters. The summed E-state index contributed by atoms with van der Waals surface area (Å²) in [7, 11) is 0. The Labute approximate surface area is 104 Å². The SMILES string of the molecule is CCCC(CSc1cccc(Br)c1)NN. The van der Waals surface area contributed by atoms with Gasteiger partial charge >= 0.3 is 0 Å². The van der Waals surface area contributed by atoms with Gasteiger partial charge in [0.05, 0.1) is 0 Å². The van der Waals surface area contributed by atoms with Gasteiger partial charge in [0.2, 0.25) is 0 Å². The molecule has 0 aromatic heterocycles. The van der Waals surface area contributed by atoms with E-state index in [4.69, 9.17) is 5.84 Å². The number of hydrogen-bond donors (Lipinski definition) is 2. The third kappa shape index (κ3) is 5.02. The summed E-state index contributed by atoms with van der Waals surface area (Å²) in [6.07, 6.45) is 2.28. The summed E-state index contributed by atoms with van der Waals surface area (Å²) in [6.45, 7) is 2.17. The molecule has 0 heterocycles. The summed E-state index contributed by atoms with van der Waals surface area (Å²) in [6, 6.07) is 8.74. The maximum Gasteiger partial charge on any atom is 0.0304 e. The van der Waals surface area contributed by atoms with Gasteiger partial charge in [0.25, 0.3) is 0 Å². The van der Waals surface area contributed by atoms with Gasteiger partial charge in [-0.1, -0.05) is 35.3 Å². The van der Waals surface area contributed by atoms with Gasteiger partial charge in [0.15, 0.2) is 0 Å². The zero-order chi connectivity index (χ0) is 11.1. The molecule has 15 heavy (non-hydrogen) atoms. The monoisotopic (exact) mass is 288 g/mol. The van der Waals surface area contributed by atoms with E-state index in [-0.39, 0.29) is 0 Å². The molecule has 84 valence electrons. The number of nitrogens with one attached hydrogen (secondary N) is 1. The summed E-state index contributed by atoms with van der Waals surface area (Å²) in [5.74, 6) is 6.49. The first-order chi connectivity index (χ1) is 7.26. The smallest absolute Gasteiger partial charge is 0.0304 e. The first kappa shape index (κ1) is 13.0. The van der Waals surface area contributed by atoms with Crippen molar-refractivity contribution in [3.8, 4) is 0 Å². The van der Waals surface area contributed by atoms with Crippen molar-refractivity contribution in [2.75, 3.05) is 5.75 Å². The zero-order valence-corrected chi connectivity index (χ0v) is 11.3. The summed E-state index contributed by atoms with van der Waals surface area (Å²) >= 11 is 5.30. The van der Waals surface area contributed by atoms with E-state index in [1.165, 1.54) is 4.90 Å². The molecule has 1 aromatic rings. The van der Waals surface area contributed by atoms with E-state index in [1.54, 1.807) is 0 Å². The first-order valence-corrected chi connectivity index (χ1v) is 6.88. The fourth-order valence-corrected chi connectivity index (χ4v) is 2.91. The minimum absolute atomic E-state index is 0.402. The normalized spacial score (nSPS) is 12.7. The van der Waals surface area contributed by atoms with E-state index in [1.807, 2.05) is 17.8 Å². The number of benzene rings is 1. The number of nitrogens with two attached hydrogens (primary N) is 1. The van der Waals surface area contributed by atoms with Gasteiger partial charge in [0, 0.05) is 21.2 Å². The van der Waals surface area contributed by atoms with E-state index < -0.39 is 0 Å². The zero-order valence-electron chi connectivity index (χ0n) is 8.87. The van der Waals surface area contributed by atoms with Crippen LogP contribution in [0.5, 0.6) is 0 Å². The molecule has 0 fully saturated rings. The highest BCUT2D eigenvalue weighted by atomic mass is 79.9. The lowest BCUT2D eigenvalue weighted by molar-refractivity contribution is 0.532. The van der Waals surface area contributed by atoms with Gasteiger partial charge < -0.3 is 0 Å².